The van der Waals surface area contributed by atoms with Crippen LogP contribution in [0.4, 0.5) is 4.79 Å². The number of carbonyl (C=O) groups excluding carboxylic acids is 1. The fourth-order valence-corrected chi connectivity index (χ4v) is 2.84. The predicted molar refractivity (Wildman–Crippen MR) is 86.1 cm³/mol. The van der Waals surface area contributed by atoms with E-state index >= 15 is 0 Å². The van der Waals surface area contributed by atoms with Crippen LogP contribution < -0.4 is 0 Å². The van der Waals surface area contributed by atoms with Crippen molar-refractivity contribution in [3.8, 4) is 0 Å². The van der Waals surface area contributed by atoms with Crippen molar-refractivity contribution in [2.45, 2.75) is 45.4 Å². The van der Waals surface area contributed by atoms with E-state index in [1.54, 1.807) is 20.8 Å². The molecule has 0 spiro atoms. The number of carbonyl (C=O) groups is 2. The number of hydrogen-bond acceptors (Lipinski definition) is 3. The first kappa shape index (κ1) is 16.1. The number of rotatable bonds is 1. The summed E-state index contributed by atoms with van der Waals surface area (Å²) in [5, 5.41) is 9.40. The summed E-state index contributed by atoms with van der Waals surface area (Å²) in [6.45, 7) is 5.56. The Morgan fingerprint density at radius 1 is 1.33 bits per heavy atom. The number of carboxylic acid groups (broad SMARTS) is 1. The number of ether oxygens (including phenoxy) is 1. The topological polar surface area (TPSA) is 66.8 Å². The van der Waals surface area contributed by atoms with Crippen LogP contribution in [0.1, 0.15) is 31.9 Å². The molecule has 1 unspecified atom stereocenters. The highest BCUT2D eigenvalue weighted by Gasteiger charge is 2.36. The Morgan fingerprint density at radius 2 is 2.00 bits per heavy atom. The summed E-state index contributed by atoms with van der Waals surface area (Å²) in [5.41, 5.74) is 1.31. The third kappa shape index (κ3) is 3.87. The Labute approximate surface area is 137 Å². The molecule has 2 rings (SSSR count). The van der Waals surface area contributed by atoms with Crippen LogP contribution in [-0.4, -0.2) is 33.7 Å². The van der Waals surface area contributed by atoms with Gasteiger partial charge in [-0.25, -0.2) is 9.59 Å². The number of carboxylic acids is 1. The maximum atomic E-state index is 12.2. The maximum Gasteiger partial charge on any atom is 0.411 e. The fourth-order valence-electron chi connectivity index (χ4n) is 2.28. The molecule has 0 aliphatic carbocycles. The molecular weight excluding hydrogens is 385 g/mol. The third-order valence-electron chi connectivity index (χ3n) is 3.21. The van der Waals surface area contributed by atoms with E-state index in [-0.39, 0.29) is 6.54 Å². The molecule has 6 heteroatoms. The zero-order chi connectivity index (χ0) is 15.8. The number of amides is 1. The summed E-state index contributed by atoms with van der Waals surface area (Å²) in [6.07, 6.45) is -0.278. The highest BCUT2D eigenvalue weighted by atomic mass is 127. The molecular formula is C15H18INO4. The first-order valence-electron chi connectivity index (χ1n) is 6.67. The molecule has 1 atom stereocenters. The smallest absolute Gasteiger partial charge is 0.411 e. The van der Waals surface area contributed by atoms with Gasteiger partial charge in [-0.3, -0.25) is 4.90 Å². The molecule has 114 valence electrons. The van der Waals surface area contributed by atoms with Gasteiger partial charge < -0.3 is 9.84 Å². The zero-order valence-corrected chi connectivity index (χ0v) is 14.4. The van der Waals surface area contributed by atoms with E-state index in [1.165, 1.54) is 4.90 Å². The van der Waals surface area contributed by atoms with Crippen molar-refractivity contribution in [1.29, 1.82) is 0 Å². The summed E-state index contributed by atoms with van der Waals surface area (Å²) >= 11 is 2.19. The van der Waals surface area contributed by atoms with Gasteiger partial charge in [0, 0.05) is 9.99 Å². The van der Waals surface area contributed by atoms with Gasteiger partial charge in [-0.1, -0.05) is 6.07 Å². The molecule has 5 nitrogen and oxygen atoms in total. The summed E-state index contributed by atoms with van der Waals surface area (Å²) in [5.74, 6) is -1.01. The molecule has 1 heterocycles. The molecule has 0 aromatic heterocycles. The normalized spacial score (nSPS) is 18.1. The Bertz CT molecular complexity index is 580. The molecule has 0 radical (unpaired) electrons. The van der Waals surface area contributed by atoms with E-state index in [0.29, 0.717) is 6.42 Å². The lowest BCUT2D eigenvalue weighted by Gasteiger charge is -2.35. The van der Waals surface area contributed by atoms with Gasteiger partial charge in [-0.05, 0) is 66.6 Å². The second-order valence-electron chi connectivity index (χ2n) is 6.08. The molecule has 0 saturated carbocycles. The van der Waals surface area contributed by atoms with Crippen LogP contribution in [0.2, 0.25) is 0 Å². The lowest BCUT2D eigenvalue weighted by Crippen LogP contribution is -2.50. The molecule has 21 heavy (non-hydrogen) atoms. The van der Waals surface area contributed by atoms with Crippen molar-refractivity contribution in [3.63, 3.8) is 0 Å². The first-order chi connectivity index (χ1) is 9.67. The molecule has 0 bridgehead atoms. The second-order valence-corrected chi connectivity index (χ2v) is 7.33. The molecule has 0 saturated heterocycles. The van der Waals surface area contributed by atoms with Gasteiger partial charge in [-0.2, -0.15) is 0 Å². The number of benzene rings is 1. The van der Waals surface area contributed by atoms with Crippen molar-refractivity contribution in [2.75, 3.05) is 0 Å². The highest BCUT2D eigenvalue weighted by molar-refractivity contribution is 14.1. The lowest BCUT2D eigenvalue weighted by atomic mass is 9.94. The van der Waals surface area contributed by atoms with Gasteiger partial charge in [0.1, 0.15) is 11.6 Å². The minimum atomic E-state index is -1.01. The zero-order valence-electron chi connectivity index (χ0n) is 12.2. The predicted octanol–water partition coefficient (Wildman–Crippen LogP) is 3.04. The van der Waals surface area contributed by atoms with E-state index < -0.39 is 23.7 Å². The van der Waals surface area contributed by atoms with Crippen LogP contribution in [-0.2, 0) is 22.5 Å². The Morgan fingerprint density at radius 3 is 2.57 bits per heavy atom. The Hall–Kier alpha value is -1.31. The van der Waals surface area contributed by atoms with Crippen LogP contribution >= 0.6 is 22.6 Å². The van der Waals surface area contributed by atoms with Crippen LogP contribution in [0, 0.1) is 3.57 Å². The second kappa shape index (κ2) is 5.82. The summed E-state index contributed by atoms with van der Waals surface area (Å²) in [7, 11) is 0. The van der Waals surface area contributed by atoms with E-state index in [4.69, 9.17) is 4.74 Å². The van der Waals surface area contributed by atoms with Crippen molar-refractivity contribution in [1.82, 2.24) is 4.90 Å². The SMILES string of the molecule is CC(C)(C)OC(=O)N1Cc2ccc(I)cc2CC1C(=O)O. The van der Waals surface area contributed by atoms with Crippen LogP contribution in [0.3, 0.4) is 0 Å². The number of aliphatic carboxylic acids is 1. The number of fused-ring (bicyclic) bond motifs is 1. The van der Waals surface area contributed by atoms with E-state index in [0.717, 1.165) is 14.7 Å². The fraction of sp³-hybridized carbons (Fsp3) is 0.467. The summed E-state index contributed by atoms with van der Waals surface area (Å²) < 4.78 is 6.38. The molecule has 1 aromatic carbocycles. The van der Waals surface area contributed by atoms with Gasteiger partial charge >= 0.3 is 12.1 Å². The summed E-state index contributed by atoms with van der Waals surface area (Å²) in [4.78, 5) is 25.0. The van der Waals surface area contributed by atoms with Crippen LogP contribution in [0.25, 0.3) is 0 Å². The quantitative estimate of drug-likeness (QED) is 0.733. The monoisotopic (exact) mass is 403 g/mol. The molecule has 1 N–H and O–H groups in total. The molecule has 1 aromatic rings. The Kier molecular flexibility index (Phi) is 4.46. The van der Waals surface area contributed by atoms with Crippen LogP contribution in [0.5, 0.6) is 0 Å². The molecule has 1 aliphatic heterocycles. The largest absolute Gasteiger partial charge is 0.480 e. The molecule has 0 fully saturated rings. The van der Waals surface area contributed by atoms with Crippen molar-refractivity contribution in [3.05, 3.63) is 32.9 Å². The van der Waals surface area contributed by atoms with E-state index in [1.807, 2.05) is 18.2 Å². The third-order valence-corrected chi connectivity index (χ3v) is 3.88. The molecule has 1 aliphatic rings. The van der Waals surface area contributed by atoms with E-state index in [9.17, 15) is 14.7 Å². The Balaban J connectivity index is 2.30. The number of hydrogen-bond donors (Lipinski definition) is 1. The number of halogens is 1. The maximum absolute atomic E-state index is 12.2. The number of nitrogens with zero attached hydrogens (tertiary/aromatic N) is 1. The van der Waals surface area contributed by atoms with Crippen molar-refractivity contribution in [2.24, 2.45) is 0 Å². The lowest BCUT2D eigenvalue weighted by molar-refractivity contribution is -0.143. The van der Waals surface area contributed by atoms with Gasteiger partial charge in [0.25, 0.3) is 0 Å². The highest BCUT2D eigenvalue weighted by Crippen LogP contribution is 2.26. The van der Waals surface area contributed by atoms with Crippen molar-refractivity contribution < 1.29 is 19.4 Å². The summed E-state index contributed by atoms with van der Waals surface area (Å²) in [6, 6.07) is 4.98. The average Bonchev–Trinajstić information content (AvgIpc) is 2.34. The van der Waals surface area contributed by atoms with Crippen molar-refractivity contribution >= 4 is 34.7 Å². The minimum absolute atomic E-state index is 0.262. The van der Waals surface area contributed by atoms with Gasteiger partial charge in [-0.15, -0.1) is 0 Å². The first-order valence-corrected chi connectivity index (χ1v) is 7.75. The van der Waals surface area contributed by atoms with Gasteiger partial charge in [0.15, 0.2) is 0 Å². The standard InChI is InChI=1S/C15H18INO4/c1-15(2,3)21-14(20)17-8-9-4-5-11(16)6-10(9)7-12(17)13(18)19/h4-6,12H,7-8H2,1-3H3,(H,18,19). The van der Waals surface area contributed by atoms with Gasteiger partial charge in [0.05, 0.1) is 6.54 Å². The van der Waals surface area contributed by atoms with Crippen LogP contribution in [0.15, 0.2) is 18.2 Å². The van der Waals surface area contributed by atoms with E-state index in [2.05, 4.69) is 22.6 Å². The van der Waals surface area contributed by atoms with Gasteiger partial charge in [0.2, 0.25) is 0 Å². The molecule has 1 amide bonds. The average molecular weight is 403 g/mol. The minimum Gasteiger partial charge on any atom is -0.480 e.